The first kappa shape index (κ1) is 22.0. The van der Waals surface area contributed by atoms with Crippen molar-refractivity contribution in [3.8, 4) is 11.5 Å². The van der Waals surface area contributed by atoms with Gasteiger partial charge in [0.2, 0.25) is 0 Å². The zero-order valence-corrected chi connectivity index (χ0v) is 18.3. The van der Waals surface area contributed by atoms with Crippen molar-refractivity contribution in [2.45, 2.75) is 80.1 Å². The Morgan fingerprint density at radius 2 is 0.929 bits per heavy atom. The Bertz CT molecular complexity index is 754. The summed E-state index contributed by atoms with van der Waals surface area (Å²) >= 11 is 0. The first-order valence-corrected chi connectivity index (χ1v) is 10.7. The lowest BCUT2D eigenvalue weighted by Gasteiger charge is -2.18. The third kappa shape index (κ3) is 4.57. The fourth-order valence-corrected chi connectivity index (χ4v) is 4.15. The van der Waals surface area contributed by atoms with E-state index < -0.39 is 6.16 Å². The standard InChI is InChI=1S/C25H34O3/c1-7-17-13-15-23(21(11-5)19(17)9-3)27-25(26)28-24-16-14-18(8-2)20(10-4)22(24)12-6/h13-16H,7-12H2,1-6H3. The highest BCUT2D eigenvalue weighted by Crippen LogP contribution is 2.30. The number of carbonyl (C=O) groups excluding carboxylic acids is 1. The lowest BCUT2D eigenvalue weighted by molar-refractivity contribution is 0.151. The number of benzene rings is 2. The summed E-state index contributed by atoms with van der Waals surface area (Å²) in [6.07, 6.45) is 4.79. The van der Waals surface area contributed by atoms with E-state index in [2.05, 4.69) is 53.7 Å². The minimum Gasteiger partial charge on any atom is -0.394 e. The number of hydrogen-bond donors (Lipinski definition) is 0. The second kappa shape index (κ2) is 10.3. The molecule has 0 heterocycles. The van der Waals surface area contributed by atoms with Crippen molar-refractivity contribution in [1.82, 2.24) is 0 Å². The van der Waals surface area contributed by atoms with Crippen LogP contribution >= 0.6 is 0 Å². The van der Waals surface area contributed by atoms with Gasteiger partial charge >= 0.3 is 6.16 Å². The summed E-state index contributed by atoms with van der Waals surface area (Å²) in [6, 6.07) is 7.92. The van der Waals surface area contributed by atoms with Crippen LogP contribution in [0.4, 0.5) is 4.79 Å². The summed E-state index contributed by atoms with van der Waals surface area (Å²) in [6.45, 7) is 12.8. The van der Waals surface area contributed by atoms with E-state index in [1.807, 2.05) is 12.1 Å². The van der Waals surface area contributed by atoms with Crippen LogP contribution in [-0.4, -0.2) is 6.16 Å². The largest absolute Gasteiger partial charge is 0.519 e. The predicted octanol–water partition coefficient (Wildman–Crippen LogP) is 6.64. The summed E-state index contributed by atoms with van der Waals surface area (Å²) in [5, 5.41) is 0. The molecule has 0 saturated carbocycles. The summed E-state index contributed by atoms with van der Waals surface area (Å²) in [7, 11) is 0. The predicted molar refractivity (Wildman–Crippen MR) is 116 cm³/mol. The van der Waals surface area contributed by atoms with Gasteiger partial charge in [-0.15, -0.1) is 0 Å². The van der Waals surface area contributed by atoms with Gasteiger partial charge in [-0.3, -0.25) is 0 Å². The third-order valence-electron chi connectivity index (χ3n) is 5.53. The van der Waals surface area contributed by atoms with E-state index in [9.17, 15) is 4.79 Å². The van der Waals surface area contributed by atoms with Crippen molar-refractivity contribution in [1.29, 1.82) is 0 Å². The smallest absolute Gasteiger partial charge is 0.394 e. The van der Waals surface area contributed by atoms with Gasteiger partial charge in [0.1, 0.15) is 11.5 Å². The highest BCUT2D eigenvalue weighted by molar-refractivity contribution is 5.69. The maximum absolute atomic E-state index is 12.6. The second-order valence-corrected chi connectivity index (χ2v) is 6.94. The van der Waals surface area contributed by atoms with Crippen molar-refractivity contribution < 1.29 is 14.3 Å². The molecule has 0 spiro atoms. The molecule has 0 bridgehead atoms. The zero-order chi connectivity index (χ0) is 20.7. The van der Waals surface area contributed by atoms with E-state index in [4.69, 9.17) is 9.47 Å². The molecule has 2 aromatic rings. The van der Waals surface area contributed by atoms with Crippen molar-refractivity contribution in [2.75, 3.05) is 0 Å². The molecule has 0 unspecified atom stereocenters. The summed E-state index contributed by atoms with van der Waals surface area (Å²) in [5.74, 6) is 1.22. The van der Waals surface area contributed by atoms with Gasteiger partial charge in [0.05, 0.1) is 0 Å². The van der Waals surface area contributed by atoms with Crippen LogP contribution in [0.3, 0.4) is 0 Å². The molecule has 0 aliphatic rings. The van der Waals surface area contributed by atoms with Crippen LogP contribution in [0.5, 0.6) is 11.5 Å². The maximum atomic E-state index is 12.6. The molecule has 0 aromatic heterocycles. The lowest BCUT2D eigenvalue weighted by Crippen LogP contribution is -2.17. The average molecular weight is 383 g/mol. The number of ether oxygens (including phenoxy) is 2. The molecule has 28 heavy (non-hydrogen) atoms. The molecule has 0 radical (unpaired) electrons. The molecule has 152 valence electrons. The van der Waals surface area contributed by atoms with Gasteiger partial charge in [-0.1, -0.05) is 53.7 Å². The second-order valence-electron chi connectivity index (χ2n) is 6.94. The SMILES string of the molecule is CCc1ccc(OC(=O)Oc2ccc(CC)c(CC)c2CC)c(CC)c1CC. The number of rotatable bonds is 8. The fraction of sp³-hybridized carbons (Fsp3) is 0.480. The fourth-order valence-electron chi connectivity index (χ4n) is 4.15. The van der Waals surface area contributed by atoms with Gasteiger partial charge in [0, 0.05) is 0 Å². The Balaban J connectivity index is 2.30. The van der Waals surface area contributed by atoms with E-state index >= 15 is 0 Å². The van der Waals surface area contributed by atoms with E-state index in [1.165, 1.54) is 22.3 Å². The number of aryl methyl sites for hydroxylation is 2. The minimum absolute atomic E-state index is 0.612. The summed E-state index contributed by atoms with van der Waals surface area (Å²) < 4.78 is 11.3. The Hall–Kier alpha value is -2.29. The van der Waals surface area contributed by atoms with Gasteiger partial charge in [-0.25, -0.2) is 4.79 Å². The van der Waals surface area contributed by atoms with E-state index in [1.54, 1.807) is 0 Å². The van der Waals surface area contributed by atoms with Crippen molar-refractivity contribution in [3.63, 3.8) is 0 Å². The van der Waals surface area contributed by atoms with Crippen LogP contribution in [0.25, 0.3) is 0 Å². The van der Waals surface area contributed by atoms with Crippen LogP contribution in [0, 0.1) is 0 Å². The molecule has 0 N–H and O–H groups in total. The van der Waals surface area contributed by atoms with Crippen LogP contribution in [-0.2, 0) is 38.5 Å². The zero-order valence-electron chi connectivity index (χ0n) is 18.3. The van der Waals surface area contributed by atoms with Crippen molar-refractivity contribution >= 4 is 6.16 Å². The molecule has 0 amide bonds. The van der Waals surface area contributed by atoms with Crippen molar-refractivity contribution in [3.05, 3.63) is 57.6 Å². The molecular weight excluding hydrogens is 348 g/mol. The van der Waals surface area contributed by atoms with Crippen molar-refractivity contribution in [2.24, 2.45) is 0 Å². The maximum Gasteiger partial charge on any atom is 0.519 e. The molecule has 2 aromatic carbocycles. The number of hydrogen-bond acceptors (Lipinski definition) is 3. The molecule has 0 aliphatic heterocycles. The van der Waals surface area contributed by atoms with Gasteiger partial charge in [-0.05, 0) is 84.0 Å². The first-order chi connectivity index (χ1) is 13.5. The molecule has 3 nitrogen and oxygen atoms in total. The highest BCUT2D eigenvalue weighted by Gasteiger charge is 2.18. The van der Waals surface area contributed by atoms with Crippen LogP contribution in [0.2, 0.25) is 0 Å². The van der Waals surface area contributed by atoms with E-state index in [-0.39, 0.29) is 0 Å². The average Bonchev–Trinajstić information content (AvgIpc) is 2.72. The Morgan fingerprint density at radius 1 is 0.571 bits per heavy atom. The Kier molecular flexibility index (Phi) is 8.10. The molecule has 2 rings (SSSR count). The topological polar surface area (TPSA) is 35.5 Å². The quantitative estimate of drug-likeness (QED) is 0.379. The van der Waals surface area contributed by atoms with Gasteiger partial charge in [0.25, 0.3) is 0 Å². The van der Waals surface area contributed by atoms with Crippen LogP contribution in [0.1, 0.15) is 74.9 Å². The molecular formula is C25H34O3. The van der Waals surface area contributed by atoms with E-state index in [0.29, 0.717) is 11.5 Å². The highest BCUT2D eigenvalue weighted by atomic mass is 16.7. The monoisotopic (exact) mass is 382 g/mol. The summed E-state index contributed by atoms with van der Waals surface area (Å²) in [4.78, 5) is 12.6. The molecule has 0 saturated heterocycles. The molecule has 3 heteroatoms. The lowest BCUT2D eigenvalue weighted by atomic mass is 9.95. The first-order valence-electron chi connectivity index (χ1n) is 10.7. The molecule has 0 aliphatic carbocycles. The molecule has 0 atom stereocenters. The minimum atomic E-state index is -0.665. The Morgan fingerprint density at radius 3 is 1.21 bits per heavy atom. The normalized spacial score (nSPS) is 10.8. The van der Waals surface area contributed by atoms with Gasteiger partial charge in [-0.2, -0.15) is 0 Å². The third-order valence-corrected chi connectivity index (χ3v) is 5.53. The van der Waals surface area contributed by atoms with Crippen LogP contribution < -0.4 is 9.47 Å². The Labute approximate surface area is 170 Å². The van der Waals surface area contributed by atoms with Crippen LogP contribution in [0.15, 0.2) is 24.3 Å². The van der Waals surface area contributed by atoms with E-state index in [0.717, 1.165) is 49.7 Å². The van der Waals surface area contributed by atoms with Gasteiger partial charge in [0.15, 0.2) is 0 Å². The molecule has 0 fully saturated rings. The number of carbonyl (C=O) groups is 1. The van der Waals surface area contributed by atoms with Gasteiger partial charge < -0.3 is 9.47 Å². The summed E-state index contributed by atoms with van der Waals surface area (Å²) in [5.41, 5.74) is 7.40.